The first kappa shape index (κ1) is 18.0. The summed E-state index contributed by atoms with van der Waals surface area (Å²) < 4.78 is 66.4. The molecule has 0 radical (unpaired) electrons. The zero-order chi connectivity index (χ0) is 18.7. The number of nitrogens with one attached hydrogen (secondary N) is 1. The van der Waals surface area contributed by atoms with E-state index in [0.29, 0.717) is 23.0 Å². The van der Waals surface area contributed by atoms with Crippen LogP contribution in [0.1, 0.15) is 5.69 Å². The summed E-state index contributed by atoms with van der Waals surface area (Å²) in [5.74, 6) is -2.33. The van der Waals surface area contributed by atoms with Gasteiger partial charge in [0, 0.05) is 5.56 Å². The summed E-state index contributed by atoms with van der Waals surface area (Å²) in [5, 5.41) is 0. The van der Waals surface area contributed by atoms with Gasteiger partial charge >= 0.3 is 0 Å². The number of hydrogen-bond acceptors (Lipinski definition) is 4. The molecule has 0 unspecified atom stereocenters. The summed E-state index contributed by atoms with van der Waals surface area (Å²) in [7, 11) is -4.27. The molecule has 0 spiro atoms. The maximum Gasteiger partial charge on any atom is 0.243 e. The van der Waals surface area contributed by atoms with Gasteiger partial charge in [-0.1, -0.05) is 0 Å². The molecule has 2 aromatic carbocycles. The van der Waals surface area contributed by atoms with Crippen molar-refractivity contribution in [2.45, 2.75) is 11.4 Å². The molecule has 0 saturated carbocycles. The van der Waals surface area contributed by atoms with Crippen LogP contribution in [0.25, 0.3) is 11.3 Å². The van der Waals surface area contributed by atoms with Gasteiger partial charge in [-0.3, -0.25) is 0 Å². The number of sulfonamides is 1. The van der Waals surface area contributed by atoms with Crippen molar-refractivity contribution < 1.29 is 21.6 Å². The largest absolute Gasteiger partial charge is 0.243 e. The molecule has 0 aliphatic rings. The number of benzene rings is 2. The van der Waals surface area contributed by atoms with Crippen molar-refractivity contribution in [2.75, 3.05) is 0 Å². The summed E-state index contributed by atoms with van der Waals surface area (Å²) >= 11 is 0. The van der Waals surface area contributed by atoms with Crippen molar-refractivity contribution in [2.24, 2.45) is 0 Å². The van der Waals surface area contributed by atoms with Gasteiger partial charge in [-0.15, -0.1) is 0 Å². The van der Waals surface area contributed by atoms with Gasteiger partial charge in [0.15, 0.2) is 0 Å². The fourth-order valence-electron chi connectivity index (χ4n) is 2.20. The lowest BCUT2D eigenvalue weighted by Crippen LogP contribution is -2.25. The monoisotopic (exact) mass is 379 g/mol. The van der Waals surface area contributed by atoms with Gasteiger partial charge in [0.25, 0.3) is 0 Å². The van der Waals surface area contributed by atoms with Gasteiger partial charge in [-0.2, -0.15) is 0 Å². The van der Waals surface area contributed by atoms with E-state index in [1.807, 2.05) is 0 Å². The third-order valence-electron chi connectivity index (χ3n) is 3.49. The highest BCUT2D eigenvalue weighted by molar-refractivity contribution is 7.89. The molecule has 26 heavy (non-hydrogen) atoms. The highest BCUT2D eigenvalue weighted by Gasteiger charge is 2.20. The van der Waals surface area contributed by atoms with Crippen molar-refractivity contribution >= 4 is 10.0 Å². The Hall–Kier alpha value is -2.78. The van der Waals surface area contributed by atoms with E-state index < -0.39 is 32.4 Å². The molecule has 3 aromatic rings. The van der Waals surface area contributed by atoms with Crippen molar-refractivity contribution in [3.8, 4) is 11.3 Å². The Kier molecular flexibility index (Phi) is 5.01. The Balaban J connectivity index is 1.80. The third kappa shape index (κ3) is 4.06. The van der Waals surface area contributed by atoms with Gasteiger partial charge in [-0.25, -0.2) is 36.3 Å². The van der Waals surface area contributed by atoms with E-state index in [1.54, 1.807) is 0 Å². The molecule has 9 heteroatoms. The molecule has 0 aliphatic carbocycles. The number of aromatic nitrogens is 2. The summed E-state index contributed by atoms with van der Waals surface area (Å²) in [6.45, 7) is -0.255. The van der Waals surface area contributed by atoms with Crippen LogP contribution in [0.15, 0.2) is 59.8 Å². The molecule has 134 valence electrons. The first-order valence-electron chi connectivity index (χ1n) is 7.37. The minimum absolute atomic E-state index is 0.255. The average Bonchev–Trinajstić information content (AvgIpc) is 2.63. The number of nitrogens with zero attached hydrogens (tertiary/aromatic N) is 2. The smallest absolute Gasteiger partial charge is 0.240 e. The molecule has 0 amide bonds. The van der Waals surface area contributed by atoms with Gasteiger partial charge < -0.3 is 0 Å². The molecule has 5 nitrogen and oxygen atoms in total. The van der Waals surface area contributed by atoms with Crippen LogP contribution in [-0.2, 0) is 16.6 Å². The average molecular weight is 379 g/mol. The fourth-order valence-corrected chi connectivity index (χ4v) is 3.29. The van der Waals surface area contributed by atoms with Crippen LogP contribution in [0.4, 0.5) is 13.2 Å². The molecule has 3 rings (SSSR count). The van der Waals surface area contributed by atoms with Crippen molar-refractivity contribution in [3.63, 3.8) is 0 Å². The predicted molar refractivity (Wildman–Crippen MR) is 87.8 cm³/mol. The van der Waals surface area contributed by atoms with E-state index in [1.165, 1.54) is 36.7 Å². The first-order chi connectivity index (χ1) is 12.3. The van der Waals surface area contributed by atoms with Crippen LogP contribution >= 0.6 is 0 Å². The lowest BCUT2D eigenvalue weighted by atomic mass is 10.1. The standard InChI is InChI=1S/C17H12F3N3O2S/c18-12-3-1-11(2-4-12)16-8-14(21-10-22-16)9-23-26(24,25)17-7-13(19)5-6-15(17)20/h1-8,10,23H,9H2. The molecule has 1 heterocycles. The maximum absolute atomic E-state index is 13.7. The first-order valence-corrected chi connectivity index (χ1v) is 8.85. The lowest BCUT2D eigenvalue weighted by Gasteiger charge is -2.08. The van der Waals surface area contributed by atoms with Gasteiger partial charge in [0.1, 0.15) is 28.7 Å². The fraction of sp³-hybridized carbons (Fsp3) is 0.0588. The second-order valence-corrected chi connectivity index (χ2v) is 7.04. The molecule has 0 atom stereocenters. The van der Waals surface area contributed by atoms with Crippen molar-refractivity contribution in [3.05, 3.63) is 78.0 Å². The Morgan fingerprint density at radius 1 is 0.885 bits per heavy atom. The molecular formula is C17H12F3N3O2S. The Labute approximate surface area is 147 Å². The molecule has 0 saturated heterocycles. The lowest BCUT2D eigenvalue weighted by molar-refractivity contribution is 0.545. The summed E-state index contributed by atoms with van der Waals surface area (Å²) in [4.78, 5) is 7.20. The van der Waals surface area contributed by atoms with E-state index in [4.69, 9.17) is 0 Å². The Morgan fingerprint density at radius 2 is 1.58 bits per heavy atom. The minimum Gasteiger partial charge on any atom is -0.240 e. The molecule has 1 aromatic heterocycles. The number of halogens is 3. The van der Waals surface area contributed by atoms with E-state index in [0.717, 1.165) is 12.1 Å². The highest BCUT2D eigenvalue weighted by Crippen LogP contribution is 2.19. The normalized spacial score (nSPS) is 11.5. The van der Waals surface area contributed by atoms with Crippen LogP contribution in [0.3, 0.4) is 0 Å². The second kappa shape index (κ2) is 7.22. The van der Waals surface area contributed by atoms with Crippen LogP contribution in [-0.4, -0.2) is 18.4 Å². The molecule has 0 aliphatic heterocycles. The summed E-state index contributed by atoms with van der Waals surface area (Å²) in [6.07, 6.45) is 1.23. The summed E-state index contributed by atoms with van der Waals surface area (Å²) in [6, 6.07) is 9.26. The Morgan fingerprint density at radius 3 is 2.31 bits per heavy atom. The van der Waals surface area contributed by atoms with E-state index in [9.17, 15) is 21.6 Å². The van der Waals surface area contributed by atoms with Crippen LogP contribution < -0.4 is 4.72 Å². The molecule has 0 bridgehead atoms. The maximum atomic E-state index is 13.7. The molecule has 1 N–H and O–H groups in total. The van der Waals surface area contributed by atoms with Crippen molar-refractivity contribution in [1.29, 1.82) is 0 Å². The number of hydrogen-bond donors (Lipinski definition) is 1. The third-order valence-corrected chi connectivity index (χ3v) is 4.91. The van der Waals surface area contributed by atoms with Crippen LogP contribution in [0, 0.1) is 17.5 Å². The van der Waals surface area contributed by atoms with Crippen LogP contribution in [0.2, 0.25) is 0 Å². The van der Waals surface area contributed by atoms with E-state index in [-0.39, 0.29) is 6.54 Å². The van der Waals surface area contributed by atoms with Gasteiger partial charge in [-0.05, 0) is 48.5 Å². The minimum atomic E-state index is -4.27. The SMILES string of the molecule is O=S(=O)(NCc1cc(-c2ccc(F)cc2)ncn1)c1cc(F)ccc1F. The van der Waals surface area contributed by atoms with Gasteiger partial charge in [0.2, 0.25) is 10.0 Å². The number of rotatable bonds is 5. The quantitative estimate of drug-likeness (QED) is 0.740. The second-order valence-electron chi connectivity index (χ2n) is 5.30. The Bertz CT molecular complexity index is 1040. The topological polar surface area (TPSA) is 72.0 Å². The summed E-state index contributed by atoms with van der Waals surface area (Å²) in [5.41, 5.74) is 1.39. The predicted octanol–water partition coefficient (Wildman–Crippen LogP) is 3.04. The molecular weight excluding hydrogens is 367 g/mol. The zero-order valence-electron chi connectivity index (χ0n) is 13.2. The van der Waals surface area contributed by atoms with E-state index >= 15 is 0 Å². The highest BCUT2D eigenvalue weighted by atomic mass is 32.2. The molecule has 0 fully saturated rings. The van der Waals surface area contributed by atoms with Gasteiger partial charge in [0.05, 0.1) is 17.9 Å². The van der Waals surface area contributed by atoms with Crippen molar-refractivity contribution in [1.82, 2.24) is 14.7 Å². The van der Waals surface area contributed by atoms with E-state index in [2.05, 4.69) is 14.7 Å². The zero-order valence-corrected chi connectivity index (χ0v) is 14.0. The van der Waals surface area contributed by atoms with Crippen LogP contribution in [0.5, 0.6) is 0 Å².